The molecule has 5 heteroatoms. The zero-order valence-electron chi connectivity index (χ0n) is 17.4. The Labute approximate surface area is 173 Å². The van der Waals surface area contributed by atoms with Crippen molar-refractivity contribution < 1.29 is 4.79 Å². The molecule has 3 aliphatic rings. The Morgan fingerprint density at radius 1 is 1.10 bits per heavy atom. The summed E-state index contributed by atoms with van der Waals surface area (Å²) in [6.45, 7) is 2.44. The Balaban J connectivity index is 1.56. The molecule has 1 saturated carbocycles. The van der Waals surface area contributed by atoms with Crippen LogP contribution in [0.4, 0.5) is 0 Å². The lowest BCUT2D eigenvalue weighted by Crippen LogP contribution is -2.58. The van der Waals surface area contributed by atoms with Crippen LogP contribution in [0.1, 0.15) is 54.9 Å². The standard InChI is InChI=1S/C24H30N4O/c1-24-15-20-19(14-17-8-4-3-5-9-17)27(2)21(24)10-6-7-11-22(24)28(20)23(29)18-12-13-25-26-16-18/h3-5,8-9,12-13,16,19-22H,6-7,10-11,14-15H2,1-2H3/t19-,20-,21+,22-,24+/m0/s1. The average molecular weight is 391 g/mol. The second kappa shape index (κ2) is 7.21. The summed E-state index contributed by atoms with van der Waals surface area (Å²) < 4.78 is 0. The Morgan fingerprint density at radius 3 is 2.59 bits per heavy atom. The molecule has 5 atom stereocenters. The summed E-state index contributed by atoms with van der Waals surface area (Å²) in [7, 11) is 2.30. The van der Waals surface area contributed by atoms with Gasteiger partial charge in [0.05, 0.1) is 18.0 Å². The number of piperidine rings is 1. The summed E-state index contributed by atoms with van der Waals surface area (Å²) in [6.07, 6.45) is 10.1. The second-order valence-electron chi connectivity index (χ2n) is 9.36. The minimum atomic E-state index is 0.132. The molecule has 2 aromatic rings. The quantitative estimate of drug-likeness (QED) is 0.804. The first kappa shape index (κ1) is 18.7. The van der Waals surface area contributed by atoms with E-state index in [2.05, 4.69) is 64.3 Å². The number of hydrogen-bond donors (Lipinski definition) is 0. The van der Waals surface area contributed by atoms with E-state index in [9.17, 15) is 4.79 Å². The summed E-state index contributed by atoms with van der Waals surface area (Å²) in [4.78, 5) is 18.6. The Kier molecular flexibility index (Phi) is 4.66. The van der Waals surface area contributed by atoms with E-state index >= 15 is 0 Å². The molecule has 5 nitrogen and oxygen atoms in total. The Hall–Kier alpha value is -2.27. The normalized spacial score (nSPS) is 34.1. The van der Waals surface area contributed by atoms with Gasteiger partial charge in [0, 0.05) is 29.6 Å². The van der Waals surface area contributed by atoms with Crippen LogP contribution < -0.4 is 0 Å². The fourth-order valence-corrected chi connectivity index (χ4v) is 6.55. The van der Waals surface area contributed by atoms with E-state index in [0.29, 0.717) is 23.7 Å². The van der Waals surface area contributed by atoms with Gasteiger partial charge in [-0.2, -0.15) is 10.2 Å². The van der Waals surface area contributed by atoms with Gasteiger partial charge >= 0.3 is 0 Å². The molecule has 0 radical (unpaired) electrons. The lowest BCUT2D eigenvalue weighted by Gasteiger charge is -2.49. The van der Waals surface area contributed by atoms with Crippen LogP contribution in [0.15, 0.2) is 48.8 Å². The molecule has 1 aromatic carbocycles. The van der Waals surface area contributed by atoms with Gasteiger partial charge in [-0.15, -0.1) is 0 Å². The predicted octanol–water partition coefficient (Wildman–Crippen LogP) is 3.57. The highest BCUT2D eigenvalue weighted by atomic mass is 16.2. The van der Waals surface area contributed by atoms with Crippen molar-refractivity contribution >= 4 is 5.91 Å². The fraction of sp³-hybridized carbons (Fsp3) is 0.542. The number of carbonyl (C=O) groups excluding carboxylic acids is 1. The maximum atomic E-state index is 13.7. The van der Waals surface area contributed by atoms with E-state index < -0.39 is 0 Å². The smallest absolute Gasteiger partial charge is 0.256 e. The predicted molar refractivity (Wildman–Crippen MR) is 112 cm³/mol. The van der Waals surface area contributed by atoms with Crippen molar-refractivity contribution in [1.82, 2.24) is 20.0 Å². The molecule has 0 spiro atoms. The molecule has 2 saturated heterocycles. The summed E-state index contributed by atoms with van der Waals surface area (Å²) in [6, 6.07) is 14.0. The van der Waals surface area contributed by atoms with Gasteiger partial charge in [-0.25, -0.2) is 0 Å². The third kappa shape index (κ3) is 2.98. The first-order chi connectivity index (χ1) is 14.1. The molecule has 1 amide bonds. The van der Waals surface area contributed by atoms with Crippen molar-refractivity contribution in [3.63, 3.8) is 0 Å². The van der Waals surface area contributed by atoms with Crippen LogP contribution in [-0.4, -0.2) is 57.1 Å². The maximum absolute atomic E-state index is 13.7. The molecule has 0 N–H and O–H groups in total. The topological polar surface area (TPSA) is 49.3 Å². The van der Waals surface area contributed by atoms with Crippen LogP contribution in [-0.2, 0) is 6.42 Å². The van der Waals surface area contributed by atoms with E-state index in [1.165, 1.54) is 24.8 Å². The van der Waals surface area contributed by atoms with Crippen molar-refractivity contribution in [3.8, 4) is 0 Å². The number of likely N-dealkylation sites (N-methyl/N-ethyl adjacent to an activating group) is 1. The minimum Gasteiger partial charge on any atom is -0.330 e. The van der Waals surface area contributed by atoms with Crippen LogP contribution in [0.25, 0.3) is 0 Å². The van der Waals surface area contributed by atoms with Crippen LogP contribution in [0.3, 0.4) is 0 Å². The van der Waals surface area contributed by atoms with Crippen LogP contribution in [0.2, 0.25) is 0 Å². The van der Waals surface area contributed by atoms with Gasteiger partial charge in [0.2, 0.25) is 0 Å². The van der Waals surface area contributed by atoms with Crippen molar-refractivity contribution in [2.45, 2.75) is 69.6 Å². The summed E-state index contributed by atoms with van der Waals surface area (Å²) in [5.74, 6) is 0.132. The van der Waals surface area contributed by atoms with E-state index in [0.717, 1.165) is 19.3 Å². The number of nitrogens with zero attached hydrogens (tertiary/aromatic N) is 4. The van der Waals surface area contributed by atoms with E-state index in [1.807, 2.05) is 6.07 Å². The third-order valence-electron chi connectivity index (χ3n) is 7.88. The maximum Gasteiger partial charge on any atom is 0.256 e. The lowest BCUT2D eigenvalue weighted by atomic mass is 9.69. The van der Waals surface area contributed by atoms with Gasteiger partial charge in [-0.05, 0) is 44.4 Å². The zero-order valence-corrected chi connectivity index (χ0v) is 17.4. The summed E-state index contributed by atoms with van der Waals surface area (Å²) in [5.41, 5.74) is 2.18. The molecule has 3 heterocycles. The van der Waals surface area contributed by atoms with Crippen molar-refractivity contribution in [2.24, 2.45) is 5.41 Å². The van der Waals surface area contributed by atoms with Gasteiger partial charge in [0.15, 0.2) is 0 Å². The number of aromatic nitrogens is 2. The zero-order chi connectivity index (χ0) is 20.0. The number of carbonyl (C=O) groups is 1. The molecule has 3 fully saturated rings. The first-order valence-corrected chi connectivity index (χ1v) is 10.9. The summed E-state index contributed by atoms with van der Waals surface area (Å²) >= 11 is 0. The largest absolute Gasteiger partial charge is 0.330 e. The van der Waals surface area contributed by atoms with Crippen molar-refractivity contribution in [3.05, 3.63) is 59.9 Å². The molecular weight excluding hydrogens is 360 g/mol. The SMILES string of the molecule is CN1[C@@H](Cc2ccccc2)[C@@H]2C[C@@]3(C)[C@H](CCCC[C@@H]13)N2C(=O)c1ccnnc1. The van der Waals surface area contributed by atoms with Crippen LogP contribution in [0.5, 0.6) is 0 Å². The van der Waals surface area contributed by atoms with Gasteiger partial charge in [0.25, 0.3) is 5.91 Å². The molecule has 29 heavy (non-hydrogen) atoms. The number of likely N-dealkylation sites (tertiary alicyclic amines) is 2. The van der Waals surface area contributed by atoms with E-state index in [4.69, 9.17) is 0 Å². The molecule has 1 aliphatic carbocycles. The lowest BCUT2D eigenvalue weighted by molar-refractivity contribution is 0.0156. The number of fused-ring (bicyclic) bond motifs is 1. The third-order valence-corrected chi connectivity index (χ3v) is 7.88. The molecular formula is C24H30N4O. The van der Waals surface area contributed by atoms with Gasteiger partial charge < -0.3 is 4.90 Å². The number of amides is 1. The molecule has 152 valence electrons. The first-order valence-electron chi connectivity index (χ1n) is 10.9. The number of hydrogen-bond acceptors (Lipinski definition) is 4. The van der Waals surface area contributed by atoms with Crippen molar-refractivity contribution in [1.29, 1.82) is 0 Å². The molecule has 2 bridgehead atoms. The minimum absolute atomic E-state index is 0.132. The molecule has 5 rings (SSSR count). The highest BCUT2D eigenvalue weighted by molar-refractivity contribution is 5.94. The average Bonchev–Trinajstić information content (AvgIpc) is 2.89. The fourth-order valence-electron chi connectivity index (χ4n) is 6.55. The molecule has 2 aliphatic heterocycles. The van der Waals surface area contributed by atoms with Gasteiger partial charge in [0.1, 0.15) is 0 Å². The van der Waals surface area contributed by atoms with Gasteiger partial charge in [-0.1, -0.05) is 50.1 Å². The van der Waals surface area contributed by atoms with Gasteiger partial charge in [-0.3, -0.25) is 9.69 Å². The number of benzene rings is 1. The van der Waals surface area contributed by atoms with E-state index in [1.54, 1.807) is 12.4 Å². The molecule has 1 aromatic heterocycles. The second-order valence-corrected chi connectivity index (χ2v) is 9.36. The highest BCUT2D eigenvalue weighted by Gasteiger charge is 2.62. The van der Waals surface area contributed by atoms with Crippen LogP contribution in [0, 0.1) is 5.41 Å². The summed E-state index contributed by atoms with van der Waals surface area (Å²) in [5, 5.41) is 7.84. The Morgan fingerprint density at radius 2 is 1.86 bits per heavy atom. The van der Waals surface area contributed by atoms with Crippen LogP contribution >= 0.6 is 0 Å². The number of rotatable bonds is 3. The van der Waals surface area contributed by atoms with Crippen molar-refractivity contribution in [2.75, 3.05) is 7.05 Å². The highest BCUT2D eigenvalue weighted by Crippen LogP contribution is 2.55. The van der Waals surface area contributed by atoms with E-state index in [-0.39, 0.29) is 17.4 Å². The molecule has 0 unspecified atom stereocenters. The monoisotopic (exact) mass is 390 g/mol. The Bertz CT molecular complexity index is 873.